The number of rotatable bonds is 6. The summed E-state index contributed by atoms with van der Waals surface area (Å²) in [5.74, 6) is -0.781. The second-order valence-corrected chi connectivity index (χ2v) is 3.51. The van der Waals surface area contributed by atoms with Crippen LogP contribution in [0.25, 0.3) is 5.76 Å². The zero-order chi connectivity index (χ0) is 14.4. The summed E-state index contributed by atoms with van der Waals surface area (Å²) >= 11 is 0. The van der Waals surface area contributed by atoms with Crippen molar-refractivity contribution in [1.82, 2.24) is 0 Å². The van der Waals surface area contributed by atoms with Crippen LogP contribution in [0.1, 0.15) is 12.5 Å². The predicted octanol–water partition coefficient (Wildman–Crippen LogP) is 1.87. The number of carboxylic acid groups (broad SMARTS) is 1. The van der Waals surface area contributed by atoms with Gasteiger partial charge in [0.15, 0.2) is 11.5 Å². The van der Waals surface area contributed by atoms with Crippen LogP contribution in [0.2, 0.25) is 0 Å². The fourth-order valence-electron chi connectivity index (χ4n) is 1.51. The molecule has 6 heteroatoms. The van der Waals surface area contributed by atoms with Crippen molar-refractivity contribution in [3.8, 4) is 17.2 Å². The number of hydrogen-bond acceptors (Lipinski definition) is 5. The standard InChI is InChI=1S/C13H16O6/c1-4-19-9(7-12(14)15)8-5-10(17-2)13(16)11(6-8)18-3/h5-7,16H,4H2,1-3H3,(H,14,15). The van der Waals surface area contributed by atoms with Crippen molar-refractivity contribution >= 4 is 11.7 Å². The van der Waals surface area contributed by atoms with Crippen molar-refractivity contribution in [3.63, 3.8) is 0 Å². The molecular weight excluding hydrogens is 252 g/mol. The smallest absolute Gasteiger partial charge is 0.332 e. The average Bonchev–Trinajstić information content (AvgIpc) is 2.38. The minimum atomic E-state index is -1.13. The number of ether oxygens (including phenoxy) is 3. The minimum absolute atomic E-state index is 0.153. The molecule has 0 heterocycles. The summed E-state index contributed by atoms with van der Waals surface area (Å²) in [7, 11) is 2.78. The third-order valence-electron chi connectivity index (χ3n) is 2.32. The van der Waals surface area contributed by atoms with E-state index in [4.69, 9.17) is 19.3 Å². The zero-order valence-corrected chi connectivity index (χ0v) is 11.0. The summed E-state index contributed by atoms with van der Waals surface area (Å²) in [5, 5.41) is 18.6. The van der Waals surface area contributed by atoms with Crippen molar-refractivity contribution in [2.75, 3.05) is 20.8 Å². The molecule has 0 atom stereocenters. The lowest BCUT2D eigenvalue weighted by Crippen LogP contribution is -1.99. The van der Waals surface area contributed by atoms with Crippen LogP contribution in [0.5, 0.6) is 17.2 Å². The summed E-state index contributed by atoms with van der Waals surface area (Å²) < 4.78 is 15.3. The molecule has 19 heavy (non-hydrogen) atoms. The number of hydrogen-bond donors (Lipinski definition) is 2. The minimum Gasteiger partial charge on any atom is -0.502 e. The van der Waals surface area contributed by atoms with Crippen LogP contribution in [-0.4, -0.2) is 37.0 Å². The molecule has 104 valence electrons. The number of aromatic hydroxyl groups is 1. The molecule has 0 aliphatic carbocycles. The summed E-state index contributed by atoms with van der Waals surface area (Å²) in [6.07, 6.45) is 0.939. The van der Waals surface area contributed by atoms with Gasteiger partial charge in [0.1, 0.15) is 5.76 Å². The highest BCUT2D eigenvalue weighted by molar-refractivity contribution is 5.88. The van der Waals surface area contributed by atoms with E-state index in [0.717, 1.165) is 6.08 Å². The van der Waals surface area contributed by atoms with E-state index in [1.807, 2.05) is 0 Å². The molecule has 0 radical (unpaired) electrons. The highest BCUT2D eigenvalue weighted by atomic mass is 16.5. The lowest BCUT2D eigenvalue weighted by Gasteiger charge is -2.13. The molecular formula is C13H16O6. The molecule has 2 N–H and O–H groups in total. The van der Waals surface area contributed by atoms with E-state index in [0.29, 0.717) is 12.2 Å². The van der Waals surface area contributed by atoms with Crippen LogP contribution in [0, 0.1) is 0 Å². The summed E-state index contributed by atoms with van der Waals surface area (Å²) in [6.45, 7) is 2.05. The van der Waals surface area contributed by atoms with Crippen molar-refractivity contribution < 1.29 is 29.2 Å². The largest absolute Gasteiger partial charge is 0.502 e. The maximum atomic E-state index is 10.8. The van der Waals surface area contributed by atoms with E-state index >= 15 is 0 Å². The summed E-state index contributed by atoms with van der Waals surface area (Å²) in [4.78, 5) is 10.8. The molecule has 0 saturated carbocycles. The fourth-order valence-corrected chi connectivity index (χ4v) is 1.51. The van der Waals surface area contributed by atoms with Crippen LogP contribution in [0.15, 0.2) is 18.2 Å². The molecule has 0 bridgehead atoms. The zero-order valence-electron chi connectivity index (χ0n) is 11.0. The first-order valence-corrected chi connectivity index (χ1v) is 5.56. The van der Waals surface area contributed by atoms with Crippen LogP contribution >= 0.6 is 0 Å². The number of methoxy groups -OCH3 is 2. The van der Waals surface area contributed by atoms with Crippen LogP contribution in [-0.2, 0) is 9.53 Å². The lowest BCUT2D eigenvalue weighted by atomic mass is 10.1. The van der Waals surface area contributed by atoms with Gasteiger partial charge in [0.25, 0.3) is 0 Å². The van der Waals surface area contributed by atoms with Gasteiger partial charge in [-0.3, -0.25) is 0 Å². The highest BCUT2D eigenvalue weighted by Crippen LogP contribution is 2.39. The Morgan fingerprint density at radius 1 is 1.26 bits per heavy atom. The molecule has 0 fully saturated rings. The van der Waals surface area contributed by atoms with Gasteiger partial charge in [-0.2, -0.15) is 0 Å². The topological polar surface area (TPSA) is 85.2 Å². The van der Waals surface area contributed by atoms with Gasteiger partial charge in [0.05, 0.1) is 26.9 Å². The van der Waals surface area contributed by atoms with E-state index < -0.39 is 5.97 Å². The van der Waals surface area contributed by atoms with E-state index in [1.165, 1.54) is 26.4 Å². The van der Waals surface area contributed by atoms with Crippen molar-refractivity contribution in [1.29, 1.82) is 0 Å². The van der Waals surface area contributed by atoms with Gasteiger partial charge in [0.2, 0.25) is 5.75 Å². The normalized spacial score (nSPS) is 11.0. The number of benzene rings is 1. The second-order valence-electron chi connectivity index (χ2n) is 3.51. The summed E-state index contributed by atoms with van der Waals surface area (Å²) in [5.41, 5.74) is 0.441. The Morgan fingerprint density at radius 2 is 1.79 bits per heavy atom. The number of carboxylic acids is 1. The van der Waals surface area contributed by atoms with Crippen molar-refractivity contribution in [3.05, 3.63) is 23.8 Å². The van der Waals surface area contributed by atoms with Gasteiger partial charge >= 0.3 is 5.97 Å². The van der Waals surface area contributed by atoms with Gasteiger partial charge < -0.3 is 24.4 Å². The predicted molar refractivity (Wildman–Crippen MR) is 68.4 cm³/mol. The molecule has 0 spiro atoms. The maximum Gasteiger partial charge on any atom is 0.332 e. The van der Waals surface area contributed by atoms with Gasteiger partial charge in [-0.15, -0.1) is 0 Å². The third kappa shape index (κ3) is 3.54. The Hall–Kier alpha value is -2.37. The SMILES string of the molecule is CCOC(=CC(=O)O)c1cc(OC)c(O)c(OC)c1. The highest BCUT2D eigenvalue weighted by Gasteiger charge is 2.15. The first-order valence-electron chi connectivity index (χ1n) is 5.56. The molecule has 6 nitrogen and oxygen atoms in total. The Kier molecular flexibility index (Phi) is 5.05. The Balaban J connectivity index is 3.34. The quantitative estimate of drug-likeness (QED) is 0.605. The molecule has 0 aliphatic rings. The Morgan fingerprint density at radius 3 is 2.16 bits per heavy atom. The molecule has 0 amide bonds. The van der Waals surface area contributed by atoms with E-state index in [2.05, 4.69) is 0 Å². The van der Waals surface area contributed by atoms with Crippen LogP contribution in [0.3, 0.4) is 0 Å². The van der Waals surface area contributed by atoms with Gasteiger partial charge in [-0.1, -0.05) is 0 Å². The molecule has 0 aromatic heterocycles. The fraction of sp³-hybridized carbons (Fsp3) is 0.308. The lowest BCUT2D eigenvalue weighted by molar-refractivity contribution is -0.131. The van der Waals surface area contributed by atoms with Gasteiger partial charge in [-0.05, 0) is 19.1 Å². The monoisotopic (exact) mass is 268 g/mol. The number of aliphatic carboxylic acids is 1. The van der Waals surface area contributed by atoms with Crippen molar-refractivity contribution in [2.24, 2.45) is 0 Å². The Labute approximate surface area is 110 Å². The van der Waals surface area contributed by atoms with Gasteiger partial charge in [-0.25, -0.2) is 4.79 Å². The third-order valence-corrected chi connectivity index (χ3v) is 2.32. The van der Waals surface area contributed by atoms with E-state index in [-0.39, 0.29) is 23.0 Å². The van der Waals surface area contributed by atoms with Crippen LogP contribution in [0.4, 0.5) is 0 Å². The molecule has 1 aromatic rings. The van der Waals surface area contributed by atoms with Crippen LogP contribution < -0.4 is 9.47 Å². The molecule has 0 aliphatic heterocycles. The molecule has 1 rings (SSSR count). The number of carbonyl (C=O) groups is 1. The number of phenols is 1. The molecule has 0 unspecified atom stereocenters. The molecule has 1 aromatic carbocycles. The van der Waals surface area contributed by atoms with E-state index in [1.54, 1.807) is 6.92 Å². The number of phenolic OH excluding ortho intramolecular Hbond substituents is 1. The Bertz CT molecular complexity index is 467. The first kappa shape index (κ1) is 14.7. The van der Waals surface area contributed by atoms with Gasteiger partial charge in [0, 0.05) is 5.56 Å². The maximum absolute atomic E-state index is 10.8. The summed E-state index contributed by atoms with van der Waals surface area (Å²) in [6, 6.07) is 2.95. The second kappa shape index (κ2) is 6.53. The van der Waals surface area contributed by atoms with Crippen molar-refractivity contribution in [2.45, 2.75) is 6.92 Å². The molecule has 0 saturated heterocycles. The first-order chi connectivity index (χ1) is 9.03. The van der Waals surface area contributed by atoms with E-state index in [9.17, 15) is 9.90 Å². The average molecular weight is 268 g/mol.